The Morgan fingerprint density at radius 3 is 2.73 bits per heavy atom. The minimum Gasteiger partial charge on any atom is -0.489 e. The fourth-order valence-corrected chi connectivity index (χ4v) is 2.60. The van der Waals surface area contributed by atoms with E-state index in [1.165, 1.54) is 12.1 Å². The van der Waals surface area contributed by atoms with Crippen molar-refractivity contribution in [1.29, 1.82) is 0 Å². The standard InChI is InChI=1S/C18H19ClFN5O/c1-2-9-25-18(22-23-24-25)21-11-13-3-7-16(8-4-13)26-12-14-5-6-15(20)10-17(14)19/h3-8,10H,2,9,11-12H2,1H3,(H,21,22,24). The van der Waals surface area contributed by atoms with Crippen LogP contribution in [0.15, 0.2) is 42.5 Å². The first-order valence-electron chi connectivity index (χ1n) is 8.31. The van der Waals surface area contributed by atoms with E-state index in [1.807, 2.05) is 24.3 Å². The summed E-state index contributed by atoms with van der Waals surface area (Å²) in [6.07, 6.45) is 0.962. The second-order valence-corrected chi connectivity index (χ2v) is 6.15. The number of nitrogens with one attached hydrogen (secondary N) is 1. The van der Waals surface area contributed by atoms with Crippen LogP contribution in [0.2, 0.25) is 5.02 Å². The van der Waals surface area contributed by atoms with E-state index in [4.69, 9.17) is 16.3 Å². The average Bonchev–Trinajstić information content (AvgIpc) is 3.08. The lowest BCUT2D eigenvalue weighted by Gasteiger charge is -2.09. The number of tetrazole rings is 1. The third-order valence-electron chi connectivity index (χ3n) is 3.75. The SMILES string of the molecule is CCCn1nnnc1NCc1ccc(OCc2ccc(F)cc2Cl)cc1. The zero-order chi connectivity index (χ0) is 18.4. The molecule has 0 bridgehead atoms. The van der Waals surface area contributed by atoms with Crippen LogP contribution in [0, 0.1) is 5.82 Å². The van der Waals surface area contributed by atoms with Crippen molar-refractivity contribution in [3.8, 4) is 5.75 Å². The summed E-state index contributed by atoms with van der Waals surface area (Å²) < 4.78 is 20.5. The van der Waals surface area contributed by atoms with E-state index in [2.05, 4.69) is 27.8 Å². The largest absolute Gasteiger partial charge is 0.489 e. The second-order valence-electron chi connectivity index (χ2n) is 5.75. The van der Waals surface area contributed by atoms with E-state index < -0.39 is 0 Å². The summed E-state index contributed by atoms with van der Waals surface area (Å²) in [5.74, 6) is 1.00. The van der Waals surface area contributed by atoms with Crippen molar-refractivity contribution in [2.45, 2.75) is 33.0 Å². The normalized spacial score (nSPS) is 10.7. The van der Waals surface area contributed by atoms with Crippen LogP contribution in [0.4, 0.5) is 10.3 Å². The molecule has 0 aliphatic heterocycles. The molecular weight excluding hydrogens is 357 g/mol. The molecule has 136 valence electrons. The molecule has 3 rings (SSSR count). The predicted octanol–water partition coefficient (Wildman–Crippen LogP) is 4.07. The van der Waals surface area contributed by atoms with Gasteiger partial charge in [-0.2, -0.15) is 0 Å². The van der Waals surface area contributed by atoms with Crippen molar-refractivity contribution in [2.24, 2.45) is 0 Å². The summed E-state index contributed by atoms with van der Waals surface area (Å²) in [6, 6.07) is 11.9. The topological polar surface area (TPSA) is 64.9 Å². The molecule has 0 aliphatic carbocycles. The number of hydrogen-bond acceptors (Lipinski definition) is 5. The lowest BCUT2D eigenvalue weighted by atomic mass is 10.2. The maximum Gasteiger partial charge on any atom is 0.243 e. The number of aryl methyl sites for hydroxylation is 1. The van der Waals surface area contributed by atoms with Crippen molar-refractivity contribution >= 4 is 17.5 Å². The van der Waals surface area contributed by atoms with Gasteiger partial charge in [0.2, 0.25) is 5.95 Å². The van der Waals surface area contributed by atoms with Crippen LogP contribution in [0.3, 0.4) is 0 Å². The summed E-state index contributed by atoms with van der Waals surface area (Å²) in [7, 11) is 0. The van der Waals surface area contributed by atoms with Crippen LogP contribution in [0.5, 0.6) is 5.75 Å². The molecule has 6 nitrogen and oxygen atoms in total. The minimum atomic E-state index is -0.361. The Hall–Kier alpha value is -2.67. The number of benzene rings is 2. The highest BCUT2D eigenvalue weighted by Crippen LogP contribution is 2.20. The molecule has 0 fully saturated rings. The molecule has 1 heterocycles. The molecule has 0 atom stereocenters. The Morgan fingerprint density at radius 2 is 2.00 bits per heavy atom. The minimum absolute atomic E-state index is 0.280. The molecule has 0 unspecified atom stereocenters. The summed E-state index contributed by atoms with van der Waals surface area (Å²) >= 11 is 6.00. The first kappa shape index (κ1) is 18.1. The molecule has 1 aromatic heterocycles. The van der Waals surface area contributed by atoms with Gasteiger partial charge in [-0.3, -0.25) is 0 Å². The first-order valence-corrected chi connectivity index (χ1v) is 8.69. The number of aromatic nitrogens is 4. The Kier molecular flexibility index (Phi) is 6.01. The van der Waals surface area contributed by atoms with Gasteiger partial charge in [-0.1, -0.05) is 41.8 Å². The summed E-state index contributed by atoms with van der Waals surface area (Å²) in [5, 5.41) is 15.2. The van der Waals surface area contributed by atoms with Crippen molar-refractivity contribution < 1.29 is 9.13 Å². The van der Waals surface area contributed by atoms with E-state index in [1.54, 1.807) is 10.7 Å². The molecule has 0 saturated heterocycles. The fraction of sp³-hybridized carbons (Fsp3) is 0.278. The zero-order valence-electron chi connectivity index (χ0n) is 14.3. The van der Waals surface area contributed by atoms with Gasteiger partial charge in [-0.25, -0.2) is 9.07 Å². The highest BCUT2D eigenvalue weighted by atomic mass is 35.5. The van der Waals surface area contributed by atoms with E-state index in [9.17, 15) is 4.39 Å². The lowest BCUT2D eigenvalue weighted by Crippen LogP contribution is -2.08. The number of rotatable bonds is 8. The van der Waals surface area contributed by atoms with Crippen LogP contribution >= 0.6 is 11.6 Å². The lowest BCUT2D eigenvalue weighted by molar-refractivity contribution is 0.306. The Morgan fingerprint density at radius 1 is 1.19 bits per heavy atom. The molecule has 0 saturated carbocycles. The van der Waals surface area contributed by atoms with Crippen LogP contribution in [-0.4, -0.2) is 20.2 Å². The van der Waals surface area contributed by atoms with E-state index in [-0.39, 0.29) is 12.4 Å². The van der Waals surface area contributed by atoms with Crippen LogP contribution in [0.25, 0.3) is 0 Å². The van der Waals surface area contributed by atoms with Gasteiger partial charge >= 0.3 is 0 Å². The predicted molar refractivity (Wildman–Crippen MR) is 97.6 cm³/mol. The van der Waals surface area contributed by atoms with Crippen LogP contribution in [-0.2, 0) is 19.7 Å². The fourth-order valence-electron chi connectivity index (χ4n) is 2.38. The van der Waals surface area contributed by atoms with Crippen molar-refractivity contribution in [1.82, 2.24) is 20.2 Å². The number of ether oxygens (including phenoxy) is 1. The molecule has 2 aromatic carbocycles. The van der Waals surface area contributed by atoms with Crippen molar-refractivity contribution in [3.63, 3.8) is 0 Å². The molecule has 26 heavy (non-hydrogen) atoms. The van der Waals surface area contributed by atoms with Crippen LogP contribution < -0.4 is 10.1 Å². The summed E-state index contributed by atoms with van der Waals surface area (Å²) in [5.41, 5.74) is 1.81. The third-order valence-corrected chi connectivity index (χ3v) is 4.10. The second kappa shape index (κ2) is 8.62. The first-order chi connectivity index (χ1) is 12.7. The quantitative estimate of drug-likeness (QED) is 0.643. The molecule has 8 heteroatoms. The van der Waals surface area contributed by atoms with Gasteiger partial charge in [-0.05, 0) is 46.7 Å². The van der Waals surface area contributed by atoms with Gasteiger partial charge in [0.25, 0.3) is 0 Å². The van der Waals surface area contributed by atoms with Gasteiger partial charge < -0.3 is 10.1 Å². The number of hydrogen-bond donors (Lipinski definition) is 1. The average molecular weight is 376 g/mol. The molecule has 0 amide bonds. The molecular formula is C18H19ClFN5O. The number of anilines is 1. The monoisotopic (exact) mass is 375 g/mol. The Balaban J connectivity index is 1.54. The number of halogens is 2. The third kappa shape index (κ3) is 4.70. The van der Waals surface area contributed by atoms with E-state index >= 15 is 0 Å². The van der Waals surface area contributed by atoms with Gasteiger partial charge in [-0.15, -0.1) is 0 Å². The molecule has 3 aromatic rings. The van der Waals surface area contributed by atoms with Crippen molar-refractivity contribution in [2.75, 3.05) is 5.32 Å². The van der Waals surface area contributed by atoms with E-state index in [0.717, 1.165) is 24.1 Å². The maximum absolute atomic E-state index is 13.1. The molecule has 0 spiro atoms. The smallest absolute Gasteiger partial charge is 0.243 e. The Labute approximate surface area is 155 Å². The van der Waals surface area contributed by atoms with Gasteiger partial charge in [0.05, 0.1) is 5.02 Å². The number of nitrogens with zero attached hydrogens (tertiary/aromatic N) is 4. The summed E-state index contributed by atoms with van der Waals surface area (Å²) in [4.78, 5) is 0. The molecule has 0 radical (unpaired) electrons. The van der Waals surface area contributed by atoms with Crippen LogP contribution in [0.1, 0.15) is 24.5 Å². The Bertz CT molecular complexity index is 853. The van der Waals surface area contributed by atoms with Gasteiger partial charge in [0.1, 0.15) is 18.2 Å². The molecule has 1 N–H and O–H groups in total. The zero-order valence-corrected chi connectivity index (χ0v) is 15.1. The van der Waals surface area contributed by atoms with Crippen molar-refractivity contribution in [3.05, 3.63) is 64.4 Å². The highest BCUT2D eigenvalue weighted by Gasteiger charge is 2.05. The summed E-state index contributed by atoms with van der Waals surface area (Å²) in [6.45, 7) is 3.73. The molecule has 0 aliphatic rings. The van der Waals surface area contributed by atoms with Gasteiger partial charge in [0, 0.05) is 18.7 Å². The maximum atomic E-state index is 13.1. The highest BCUT2D eigenvalue weighted by molar-refractivity contribution is 6.31. The van der Waals surface area contributed by atoms with Gasteiger partial charge in [0.15, 0.2) is 0 Å². The van der Waals surface area contributed by atoms with E-state index in [0.29, 0.717) is 23.3 Å².